The van der Waals surface area contributed by atoms with Gasteiger partial charge in [0.1, 0.15) is 0 Å². The van der Waals surface area contributed by atoms with E-state index in [-0.39, 0.29) is 5.92 Å². The van der Waals surface area contributed by atoms with Crippen molar-refractivity contribution in [3.05, 3.63) is 47.0 Å². The van der Waals surface area contributed by atoms with Crippen LogP contribution in [0.4, 0.5) is 0 Å². The first-order valence-electron chi connectivity index (χ1n) is 10.0. The van der Waals surface area contributed by atoms with Crippen LogP contribution in [0.5, 0.6) is 0 Å². The van der Waals surface area contributed by atoms with E-state index < -0.39 is 11.6 Å². The van der Waals surface area contributed by atoms with Crippen LogP contribution in [-0.4, -0.2) is 42.2 Å². The Balaban J connectivity index is 1.44. The zero-order valence-corrected chi connectivity index (χ0v) is 15.5. The Bertz CT molecular complexity index is 668. The highest BCUT2D eigenvalue weighted by molar-refractivity contribution is 5.81. The zero-order chi connectivity index (χ0) is 18.0. The minimum atomic E-state index is -1.51. The lowest BCUT2D eigenvalue weighted by Crippen LogP contribution is -2.43. The second-order valence-electron chi connectivity index (χ2n) is 7.98. The van der Waals surface area contributed by atoms with Crippen LogP contribution in [0.3, 0.4) is 0 Å². The molecular formula is C22H29NO3. The van der Waals surface area contributed by atoms with Crippen LogP contribution in [0.1, 0.15) is 50.5 Å². The predicted molar refractivity (Wildman–Crippen MR) is 101 cm³/mol. The number of esters is 1. The highest BCUT2D eigenvalue weighted by Gasteiger charge is 2.47. The van der Waals surface area contributed by atoms with Gasteiger partial charge in [0.2, 0.25) is 0 Å². The Morgan fingerprint density at radius 3 is 2.46 bits per heavy atom. The van der Waals surface area contributed by atoms with E-state index >= 15 is 0 Å². The van der Waals surface area contributed by atoms with Crippen LogP contribution in [0.15, 0.2) is 41.5 Å². The van der Waals surface area contributed by atoms with Crippen molar-refractivity contribution in [2.45, 2.75) is 50.5 Å². The Hall–Kier alpha value is -1.65. The quantitative estimate of drug-likeness (QED) is 0.628. The van der Waals surface area contributed by atoms with E-state index in [1.54, 1.807) is 5.57 Å². The summed E-state index contributed by atoms with van der Waals surface area (Å²) in [6.07, 6.45) is 7.03. The van der Waals surface area contributed by atoms with Gasteiger partial charge >= 0.3 is 5.97 Å². The van der Waals surface area contributed by atoms with Crippen molar-refractivity contribution < 1.29 is 14.6 Å². The van der Waals surface area contributed by atoms with E-state index in [1.807, 2.05) is 30.3 Å². The van der Waals surface area contributed by atoms with Crippen molar-refractivity contribution in [3.8, 4) is 0 Å². The van der Waals surface area contributed by atoms with Crippen LogP contribution in [0, 0.1) is 5.92 Å². The van der Waals surface area contributed by atoms with Crippen LogP contribution in [0.2, 0.25) is 0 Å². The maximum atomic E-state index is 13.0. The summed E-state index contributed by atoms with van der Waals surface area (Å²) in [5.41, 5.74) is 2.17. The van der Waals surface area contributed by atoms with Gasteiger partial charge in [-0.3, -0.25) is 4.90 Å². The summed E-state index contributed by atoms with van der Waals surface area (Å²) >= 11 is 0. The average molecular weight is 355 g/mol. The molecule has 3 heterocycles. The highest BCUT2D eigenvalue weighted by atomic mass is 16.5. The topological polar surface area (TPSA) is 49.8 Å². The minimum absolute atomic E-state index is 0.0452. The summed E-state index contributed by atoms with van der Waals surface area (Å²) in [6.45, 7) is 3.74. The molecule has 4 nitrogen and oxygen atoms in total. The van der Waals surface area contributed by atoms with Crippen molar-refractivity contribution in [2.75, 3.05) is 26.2 Å². The third kappa shape index (κ3) is 3.33. The van der Waals surface area contributed by atoms with Gasteiger partial charge in [-0.2, -0.15) is 0 Å². The Kier molecular flexibility index (Phi) is 5.14. The van der Waals surface area contributed by atoms with Crippen LogP contribution in [0.25, 0.3) is 0 Å². The fraction of sp³-hybridized carbons (Fsp3) is 0.591. The average Bonchev–Trinajstić information content (AvgIpc) is 3.24. The van der Waals surface area contributed by atoms with Gasteiger partial charge in [-0.15, -0.1) is 0 Å². The molecule has 0 aromatic heterocycles. The van der Waals surface area contributed by atoms with Crippen molar-refractivity contribution in [1.29, 1.82) is 0 Å². The molecule has 1 aromatic carbocycles. The number of carbonyl (C=O) groups excluding carboxylic acids is 1. The molecule has 140 valence electrons. The Morgan fingerprint density at radius 2 is 1.85 bits per heavy atom. The summed E-state index contributed by atoms with van der Waals surface area (Å²) in [6, 6.07) is 9.35. The van der Waals surface area contributed by atoms with Gasteiger partial charge in [0.25, 0.3) is 0 Å². The van der Waals surface area contributed by atoms with E-state index in [1.165, 1.54) is 31.5 Å². The van der Waals surface area contributed by atoms with Gasteiger partial charge in [-0.1, -0.05) is 54.3 Å². The van der Waals surface area contributed by atoms with Crippen LogP contribution >= 0.6 is 0 Å². The van der Waals surface area contributed by atoms with Gasteiger partial charge in [-0.05, 0) is 31.2 Å². The van der Waals surface area contributed by atoms with Gasteiger partial charge in [-0.25, -0.2) is 4.79 Å². The zero-order valence-electron chi connectivity index (χ0n) is 15.5. The maximum absolute atomic E-state index is 13.0. The number of rotatable bonds is 6. The third-order valence-electron chi connectivity index (χ3n) is 6.48. The molecular weight excluding hydrogens is 326 g/mol. The van der Waals surface area contributed by atoms with E-state index in [0.29, 0.717) is 12.2 Å². The number of ether oxygens (including phenoxy) is 1. The molecule has 3 aliphatic heterocycles. The molecule has 26 heavy (non-hydrogen) atoms. The normalized spacial score (nSPS) is 23.3. The van der Waals surface area contributed by atoms with Gasteiger partial charge in [0.05, 0.1) is 6.61 Å². The molecule has 0 unspecified atom stereocenters. The molecule has 4 aliphatic rings. The Labute approximate surface area is 155 Å². The smallest absolute Gasteiger partial charge is 0.343 e. The van der Waals surface area contributed by atoms with Crippen LogP contribution in [-0.2, 0) is 15.1 Å². The standard InChI is InChI=1S/C22H29NO3/c24-21(26-15-12-18-16-23-13-10-17(18)11-14-23)22(25,20-8-4-5-9-20)19-6-2-1-3-7-19/h1-3,6-7,20,25H,4-5,8-16H2/t22-/m1/s1. The molecule has 0 spiro atoms. The number of aliphatic hydroxyl groups is 1. The van der Waals surface area contributed by atoms with Crippen molar-refractivity contribution in [2.24, 2.45) is 5.92 Å². The first-order chi connectivity index (χ1) is 12.7. The van der Waals surface area contributed by atoms with Crippen molar-refractivity contribution in [3.63, 3.8) is 0 Å². The maximum Gasteiger partial charge on any atom is 0.343 e. The molecule has 1 aromatic rings. The molecule has 2 bridgehead atoms. The van der Waals surface area contributed by atoms with E-state index in [9.17, 15) is 9.90 Å². The highest BCUT2D eigenvalue weighted by Crippen LogP contribution is 2.41. The first kappa shape index (κ1) is 17.7. The molecule has 4 heteroatoms. The SMILES string of the molecule is O=C(OCCC1=C2CCN(CC2)C1)[C@@](O)(c1ccccc1)C1CCCC1. The molecule has 1 saturated carbocycles. The number of hydrogen-bond donors (Lipinski definition) is 1. The largest absolute Gasteiger partial charge is 0.463 e. The van der Waals surface area contributed by atoms with Crippen molar-refractivity contribution in [1.82, 2.24) is 4.90 Å². The monoisotopic (exact) mass is 355 g/mol. The fourth-order valence-electron chi connectivity index (χ4n) is 4.91. The number of nitrogens with zero attached hydrogens (tertiary/aromatic N) is 1. The molecule has 0 amide bonds. The number of piperidine rings is 1. The van der Waals surface area contributed by atoms with Gasteiger partial charge < -0.3 is 9.84 Å². The summed E-state index contributed by atoms with van der Waals surface area (Å²) in [5.74, 6) is -0.515. The summed E-state index contributed by atoms with van der Waals surface area (Å²) in [5, 5.41) is 11.4. The second-order valence-corrected chi connectivity index (χ2v) is 7.98. The summed E-state index contributed by atoms with van der Waals surface area (Å²) < 4.78 is 5.64. The fourth-order valence-corrected chi connectivity index (χ4v) is 4.91. The molecule has 1 saturated heterocycles. The molecule has 5 rings (SSSR count). The third-order valence-corrected chi connectivity index (χ3v) is 6.48. The minimum Gasteiger partial charge on any atom is -0.463 e. The lowest BCUT2D eigenvalue weighted by Gasteiger charge is -2.37. The molecule has 1 atom stereocenters. The number of fused-ring (bicyclic) bond motifs is 3. The van der Waals surface area contributed by atoms with E-state index in [4.69, 9.17) is 4.74 Å². The lowest BCUT2D eigenvalue weighted by molar-refractivity contribution is -0.173. The van der Waals surface area contributed by atoms with E-state index in [2.05, 4.69) is 4.90 Å². The molecule has 1 aliphatic carbocycles. The molecule has 0 radical (unpaired) electrons. The van der Waals surface area contributed by atoms with Gasteiger partial charge in [0.15, 0.2) is 5.60 Å². The summed E-state index contributed by atoms with van der Waals surface area (Å²) in [7, 11) is 0. The van der Waals surface area contributed by atoms with Gasteiger partial charge in [0, 0.05) is 32.0 Å². The van der Waals surface area contributed by atoms with Crippen LogP contribution < -0.4 is 0 Å². The number of hydrogen-bond acceptors (Lipinski definition) is 4. The predicted octanol–water partition coefficient (Wildman–Crippen LogP) is 3.40. The molecule has 2 fully saturated rings. The first-order valence-corrected chi connectivity index (χ1v) is 10.0. The Morgan fingerprint density at radius 1 is 1.15 bits per heavy atom. The van der Waals surface area contributed by atoms with Crippen molar-refractivity contribution >= 4 is 5.97 Å². The molecule has 1 N–H and O–H groups in total. The number of benzene rings is 1. The second kappa shape index (κ2) is 7.53. The number of carbonyl (C=O) groups is 1. The summed E-state index contributed by atoms with van der Waals surface area (Å²) in [4.78, 5) is 15.4. The lowest BCUT2D eigenvalue weighted by atomic mass is 9.80. The van der Waals surface area contributed by atoms with E-state index in [0.717, 1.165) is 38.6 Å².